The van der Waals surface area contributed by atoms with Gasteiger partial charge in [0, 0.05) is 25.1 Å². The molecular formula is C12H22N2O2. The van der Waals surface area contributed by atoms with Crippen molar-refractivity contribution in [2.75, 3.05) is 13.2 Å². The second kappa shape index (κ2) is 4.72. The largest absolute Gasteiger partial charge is 0.396 e. The topological polar surface area (TPSA) is 75.4 Å². The summed E-state index contributed by atoms with van der Waals surface area (Å²) in [6.07, 6.45) is 5.83. The van der Waals surface area contributed by atoms with Crippen molar-refractivity contribution in [2.45, 2.75) is 44.6 Å². The molecule has 4 nitrogen and oxygen atoms in total. The first-order chi connectivity index (χ1) is 7.65. The lowest BCUT2D eigenvalue weighted by molar-refractivity contribution is -0.125. The SMILES string of the molecule is NC1CCC(C(=O)NCC2(CCO)CC2)C1. The third kappa shape index (κ3) is 2.74. The smallest absolute Gasteiger partial charge is 0.223 e. The predicted molar refractivity (Wildman–Crippen MR) is 61.7 cm³/mol. The van der Waals surface area contributed by atoms with Gasteiger partial charge in [-0.1, -0.05) is 0 Å². The molecule has 0 aromatic carbocycles. The minimum atomic E-state index is 0.125. The van der Waals surface area contributed by atoms with E-state index >= 15 is 0 Å². The molecule has 2 fully saturated rings. The number of aliphatic hydroxyl groups is 1. The van der Waals surface area contributed by atoms with E-state index in [0.717, 1.165) is 45.1 Å². The molecule has 2 rings (SSSR count). The van der Waals surface area contributed by atoms with Crippen molar-refractivity contribution in [3.8, 4) is 0 Å². The average Bonchev–Trinajstić information content (AvgIpc) is 2.89. The number of carbonyl (C=O) groups excluding carboxylic acids is 1. The van der Waals surface area contributed by atoms with Crippen LogP contribution in [0.1, 0.15) is 38.5 Å². The summed E-state index contributed by atoms with van der Waals surface area (Å²) in [5, 5.41) is 12.0. The molecule has 2 unspecified atom stereocenters. The molecule has 0 spiro atoms. The van der Waals surface area contributed by atoms with Crippen LogP contribution in [0.25, 0.3) is 0 Å². The van der Waals surface area contributed by atoms with E-state index < -0.39 is 0 Å². The number of hydrogen-bond donors (Lipinski definition) is 3. The summed E-state index contributed by atoms with van der Waals surface area (Å²) in [5.41, 5.74) is 6.01. The molecule has 2 atom stereocenters. The Morgan fingerprint density at radius 3 is 2.69 bits per heavy atom. The Kier molecular flexibility index (Phi) is 3.50. The number of rotatable bonds is 5. The summed E-state index contributed by atoms with van der Waals surface area (Å²) >= 11 is 0. The van der Waals surface area contributed by atoms with Crippen LogP contribution in [0.2, 0.25) is 0 Å². The van der Waals surface area contributed by atoms with Crippen molar-refractivity contribution >= 4 is 5.91 Å². The van der Waals surface area contributed by atoms with Crippen molar-refractivity contribution in [1.82, 2.24) is 5.32 Å². The van der Waals surface area contributed by atoms with Gasteiger partial charge < -0.3 is 16.2 Å². The van der Waals surface area contributed by atoms with Crippen molar-refractivity contribution in [3.63, 3.8) is 0 Å². The van der Waals surface area contributed by atoms with E-state index in [4.69, 9.17) is 10.8 Å². The van der Waals surface area contributed by atoms with Crippen LogP contribution in [0.15, 0.2) is 0 Å². The summed E-state index contributed by atoms with van der Waals surface area (Å²) in [7, 11) is 0. The van der Waals surface area contributed by atoms with E-state index in [0.29, 0.717) is 0 Å². The molecule has 0 aliphatic heterocycles. The van der Waals surface area contributed by atoms with Crippen molar-refractivity contribution in [1.29, 1.82) is 0 Å². The third-order valence-electron chi connectivity index (χ3n) is 4.08. The molecule has 16 heavy (non-hydrogen) atoms. The molecule has 2 aliphatic carbocycles. The molecule has 4 N–H and O–H groups in total. The molecule has 92 valence electrons. The lowest BCUT2D eigenvalue weighted by atomic mass is 10.0. The second-order valence-electron chi connectivity index (χ2n) is 5.46. The third-order valence-corrected chi connectivity index (χ3v) is 4.08. The molecular weight excluding hydrogens is 204 g/mol. The number of aliphatic hydroxyl groups excluding tert-OH is 1. The van der Waals surface area contributed by atoms with Gasteiger partial charge in [0.05, 0.1) is 0 Å². The normalized spacial score (nSPS) is 31.4. The Bertz CT molecular complexity index is 264. The minimum Gasteiger partial charge on any atom is -0.396 e. The lowest BCUT2D eigenvalue weighted by Crippen LogP contribution is -2.35. The highest BCUT2D eigenvalue weighted by atomic mass is 16.3. The highest BCUT2D eigenvalue weighted by Crippen LogP contribution is 2.47. The molecule has 0 saturated heterocycles. The van der Waals surface area contributed by atoms with E-state index in [-0.39, 0.29) is 29.9 Å². The maximum atomic E-state index is 11.8. The molecule has 0 bridgehead atoms. The molecule has 0 radical (unpaired) electrons. The van der Waals surface area contributed by atoms with Crippen molar-refractivity contribution in [2.24, 2.45) is 17.1 Å². The van der Waals surface area contributed by atoms with E-state index in [9.17, 15) is 4.79 Å². The van der Waals surface area contributed by atoms with E-state index in [1.807, 2.05) is 0 Å². The quantitative estimate of drug-likeness (QED) is 0.635. The minimum absolute atomic E-state index is 0.125. The Hall–Kier alpha value is -0.610. The Morgan fingerprint density at radius 1 is 1.44 bits per heavy atom. The van der Waals surface area contributed by atoms with Crippen LogP contribution in [0, 0.1) is 11.3 Å². The maximum absolute atomic E-state index is 11.8. The summed E-state index contributed by atoms with van der Waals surface area (Å²) in [4.78, 5) is 11.8. The van der Waals surface area contributed by atoms with Crippen molar-refractivity contribution < 1.29 is 9.90 Å². The fourth-order valence-electron chi connectivity index (χ4n) is 2.60. The van der Waals surface area contributed by atoms with Crippen LogP contribution < -0.4 is 11.1 Å². The number of nitrogens with one attached hydrogen (secondary N) is 1. The standard InChI is InChI=1S/C12H22N2O2/c13-10-2-1-9(7-10)11(16)14-8-12(3-4-12)5-6-15/h9-10,15H,1-8,13H2,(H,14,16). The second-order valence-corrected chi connectivity index (χ2v) is 5.46. The van der Waals surface area contributed by atoms with Gasteiger partial charge in [-0.25, -0.2) is 0 Å². The monoisotopic (exact) mass is 226 g/mol. The zero-order valence-electron chi connectivity index (χ0n) is 9.74. The molecule has 0 aromatic rings. The Balaban J connectivity index is 1.72. The molecule has 4 heteroatoms. The first-order valence-corrected chi connectivity index (χ1v) is 6.29. The van der Waals surface area contributed by atoms with Crippen LogP contribution in [-0.2, 0) is 4.79 Å². The summed E-state index contributed by atoms with van der Waals surface area (Å²) in [6.45, 7) is 0.961. The summed E-state index contributed by atoms with van der Waals surface area (Å²) in [6, 6.07) is 0.211. The predicted octanol–water partition coefficient (Wildman–Crippen LogP) is 0.393. The molecule has 2 saturated carbocycles. The maximum Gasteiger partial charge on any atom is 0.223 e. The Morgan fingerprint density at radius 2 is 2.19 bits per heavy atom. The zero-order valence-corrected chi connectivity index (χ0v) is 9.74. The first-order valence-electron chi connectivity index (χ1n) is 6.29. The van der Waals surface area contributed by atoms with Gasteiger partial charge in [-0.05, 0) is 43.9 Å². The first kappa shape index (κ1) is 11.9. The lowest BCUT2D eigenvalue weighted by Gasteiger charge is -2.16. The van der Waals surface area contributed by atoms with Gasteiger partial charge in [-0.3, -0.25) is 4.79 Å². The number of amides is 1. The zero-order chi connectivity index (χ0) is 11.6. The van der Waals surface area contributed by atoms with Gasteiger partial charge >= 0.3 is 0 Å². The van der Waals surface area contributed by atoms with Crippen LogP contribution in [-0.4, -0.2) is 30.2 Å². The highest BCUT2D eigenvalue weighted by Gasteiger charge is 2.42. The number of nitrogens with two attached hydrogens (primary N) is 1. The molecule has 1 amide bonds. The van der Waals surface area contributed by atoms with Gasteiger partial charge in [0.2, 0.25) is 5.91 Å². The Labute approximate surface area is 96.6 Å². The highest BCUT2D eigenvalue weighted by molar-refractivity contribution is 5.79. The number of hydrogen-bond acceptors (Lipinski definition) is 3. The van der Waals surface area contributed by atoms with Crippen LogP contribution >= 0.6 is 0 Å². The van der Waals surface area contributed by atoms with Gasteiger partial charge in [0.1, 0.15) is 0 Å². The fourth-order valence-corrected chi connectivity index (χ4v) is 2.60. The van der Waals surface area contributed by atoms with Gasteiger partial charge in [-0.15, -0.1) is 0 Å². The van der Waals surface area contributed by atoms with E-state index in [1.54, 1.807) is 0 Å². The average molecular weight is 226 g/mol. The molecule has 0 heterocycles. The van der Waals surface area contributed by atoms with Crippen LogP contribution in [0.5, 0.6) is 0 Å². The molecule has 2 aliphatic rings. The number of carbonyl (C=O) groups is 1. The summed E-state index contributed by atoms with van der Waals surface area (Å²) in [5.74, 6) is 0.289. The van der Waals surface area contributed by atoms with Gasteiger partial charge in [-0.2, -0.15) is 0 Å². The van der Waals surface area contributed by atoms with E-state index in [2.05, 4.69) is 5.32 Å². The molecule has 0 aromatic heterocycles. The van der Waals surface area contributed by atoms with Crippen LogP contribution in [0.4, 0.5) is 0 Å². The van der Waals surface area contributed by atoms with Gasteiger partial charge in [0.25, 0.3) is 0 Å². The van der Waals surface area contributed by atoms with Crippen LogP contribution in [0.3, 0.4) is 0 Å². The van der Waals surface area contributed by atoms with Gasteiger partial charge in [0.15, 0.2) is 0 Å². The van der Waals surface area contributed by atoms with E-state index in [1.165, 1.54) is 0 Å². The fraction of sp³-hybridized carbons (Fsp3) is 0.917. The summed E-state index contributed by atoms with van der Waals surface area (Å²) < 4.78 is 0. The van der Waals surface area contributed by atoms with Crippen molar-refractivity contribution in [3.05, 3.63) is 0 Å².